The predicted octanol–water partition coefficient (Wildman–Crippen LogP) is 2.63. The molecule has 1 aromatic heterocycles. The van der Waals surface area contributed by atoms with Crippen molar-refractivity contribution in [3.63, 3.8) is 0 Å². The molecule has 2 rings (SSSR count). The van der Waals surface area contributed by atoms with Gasteiger partial charge in [0.05, 0.1) is 5.52 Å². The first-order valence-corrected chi connectivity index (χ1v) is 6.08. The average molecular weight is 243 g/mol. The Balaban J connectivity index is 2.51. The van der Waals surface area contributed by atoms with Crippen LogP contribution in [0.3, 0.4) is 0 Å². The molecular formula is C15H17NO2. The fraction of sp³-hybridized carbons (Fsp3) is 0.267. The molecule has 0 aliphatic rings. The number of carbonyl (C=O) groups is 1. The van der Waals surface area contributed by atoms with E-state index in [0.717, 1.165) is 23.0 Å². The molecule has 0 aliphatic heterocycles. The first kappa shape index (κ1) is 12.6. The van der Waals surface area contributed by atoms with Gasteiger partial charge in [-0.15, -0.1) is 0 Å². The standard InChI is InChI=1S/C15H17NO2/c1-3-12-4-5-13-6-7-16(15(13)9-12)11(2)8-14(18)10-17/h4-9,17H,3,10H2,1-2H3/b11-8+. The van der Waals surface area contributed by atoms with Crippen molar-refractivity contribution >= 4 is 22.4 Å². The van der Waals surface area contributed by atoms with E-state index in [9.17, 15) is 4.79 Å². The van der Waals surface area contributed by atoms with Crippen LogP contribution < -0.4 is 0 Å². The van der Waals surface area contributed by atoms with Crippen molar-refractivity contribution in [3.05, 3.63) is 42.1 Å². The van der Waals surface area contributed by atoms with E-state index in [1.165, 1.54) is 11.6 Å². The van der Waals surface area contributed by atoms with E-state index in [0.29, 0.717) is 0 Å². The van der Waals surface area contributed by atoms with Crippen molar-refractivity contribution in [2.45, 2.75) is 20.3 Å². The Morgan fingerprint density at radius 2 is 2.17 bits per heavy atom. The van der Waals surface area contributed by atoms with Gasteiger partial charge in [0.15, 0.2) is 5.78 Å². The zero-order chi connectivity index (χ0) is 13.1. The molecule has 0 bridgehead atoms. The van der Waals surface area contributed by atoms with Crippen molar-refractivity contribution in [2.24, 2.45) is 0 Å². The molecule has 0 aliphatic carbocycles. The molecule has 0 spiro atoms. The second-order valence-corrected chi connectivity index (χ2v) is 4.34. The van der Waals surface area contributed by atoms with E-state index in [-0.39, 0.29) is 5.78 Å². The first-order valence-electron chi connectivity index (χ1n) is 6.08. The topological polar surface area (TPSA) is 42.2 Å². The van der Waals surface area contributed by atoms with Crippen LogP contribution in [0.5, 0.6) is 0 Å². The van der Waals surface area contributed by atoms with E-state index in [4.69, 9.17) is 5.11 Å². The summed E-state index contributed by atoms with van der Waals surface area (Å²) in [6.45, 7) is 3.54. The quantitative estimate of drug-likeness (QED) is 0.839. The van der Waals surface area contributed by atoms with Crippen LogP contribution in [0.2, 0.25) is 0 Å². The van der Waals surface area contributed by atoms with Gasteiger partial charge in [0, 0.05) is 18.0 Å². The van der Waals surface area contributed by atoms with Crippen molar-refractivity contribution in [1.29, 1.82) is 0 Å². The van der Waals surface area contributed by atoms with Crippen LogP contribution in [0.1, 0.15) is 19.4 Å². The third-order valence-electron chi connectivity index (χ3n) is 3.07. The van der Waals surface area contributed by atoms with Gasteiger partial charge in [-0.2, -0.15) is 0 Å². The van der Waals surface area contributed by atoms with Crippen LogP contribution in [0.25, 0.3) is 16.6 Å². The number of hydrogen-bond acceptors (Lipinski definition) is 2. The lowest BCUT2D eigenvalue weighted by molar-refractivity contribution is -0.117. The van der Waals surface area contributed by atoms with Crippen molar-refractivity contribution < 1.29 is 9.90 Å². The maximum Gasteiger partial charge on any atom is 0.182 e. The van der Waals surface area contributed by atoms with Crippen LogP contribution in [-0.4, -0.2) is 22.1 Å². The lowest BCUT2D eigenvalue weighted by Gasteiger charge is -2.06. The number of aromatic nitrogens is 1. The fourth-order valence-electron chi connectivity index (χ4n) is 2.05. The van der Waals surface area contributed by atoms with Gasteiger partial charge >= 0.3 is 0 Å². The summed E-state index contributed by atoms with van der Waals surface area (Å²) in [6, 6.07) is 8.36. The van der Waals surface area contributed by atoms with E-state index in [1.807, 2.05) is 23.8 Å². The Hall–Kier alpha value is -1.87. The molecule has 0 fully saturated rings. The van der Waals surface area contributed by atoms with Crippen molar-refractivity contribution in [3.8, 4) is 0 Å². The predicted molar refractivity (Wildman–Crippen MR) is 73.4 cm³/mol. The maximum atomic E-state index is 11.2. The highest BCUT2D eigenvalue weighted by molar-refractivity contribution is 5.96. The monoisotopic (exact) mass is 243 g/mol. The molecule has 0 unspecified atom stereocenters. The minimum atomic E-state index is -0.448. The van der Waals surface area contributed by atoms with Crippen LogP contribution in [0.15, 0.2) is 36.5 Å². The number of fused-ring (bicyclic) bond motifs is 1. The number of hydrogen-bond donors (Lipinski definition) is 1. The summed E-state index contributed by atoms with van der Waals surface area (Å²) >= 11 is 0. The molecule has 18 heavy (non-hydrogen) atoms. The molecule has 0 saturated carbocycles. The molecule has 1 aromatic carbocycles. The summed E-state index contributed by atoms with van der Waals surface area (Å²) < 4.78 is 1.97. The second kappa shape index (κ2) is 5.19. The number of allylic oxidation sites excluding steroid dienone is 1. The Kier molecular flexibility index (Phi) is 3.63. The normalized spacial score (nSPS) is 12.1. The summed E-state index contributed by atoms with van der Waals surface area (Å²) in [7, 11) is 0. The fourth-order valence-corrected chi connectivity index (χ4v) is 2.05. The molecule has 0 atom stereocenters. The summed E-state index contributed by atoms with van der Waals surface area (Å²) in [6.07, 6.45) is 4.40. The maximum absolute atomic E-state index is 11.2. The number of rotatable bonds is 4. The highest BCUT2D eigenvalue weighted by atomic mass is 16.3. The van der Waals surface area contributed by atoms with Crippen LogP contribution in [0.4, 0.5) is 0 Å². The van der Waals surface area contributed by atoms with E-state index >= 15 is 0 Å². The Labute approximate surface area is 106 Å². The third kappa shape index (κ3) is 2.36. The highest BCUT2D eigenvalue weighted by Crippen LogP contribution is 2.21. The molecule has 2 aromatic rings. The third-order valence-corrected chi connectivity index (χ3v) is 3.07. The average Bonchev–Trinajstić information content (AvgIpc) is 2.81. The summed E-state index contributed by atoms with van der Waals surface area (Å²) in [5, 5.41) is 9.92. The SMILES string of the molecule is CCc1ccc2ccn(/C(C)=C/C(=O)CO)c2c1. The summed E-state index contributed by atoms with van der Waals surface area (Å²) in [5.74, 6) is -0.277. The number of aliphatic hydroxyl groups is 1. The number of benzene rings is 1. The summed E-state index contributed by atoms with van der Waals surface area (Å²) in [4.78, 5) is 11.2. The minimum absolute atomic E-state index is 0.277. The molecule has 0 saturated heterocycles. The van der Waals surface area contributed by atoms with Gasteiger partial charge in [0.1, 0.15) is 6.61 Å². The van der Waals surface area contributed by atoms with Gasteiger partial charge in [-0.05, 0) is 36.4 Å². The smallest absolute Gasteiger partial charge is 0.182 e. The molecule has 1 N–H and O–H groups in total. The minimum Gasteiger partial charge on any atom is -0.388 e. The van der Waals surface area contributed by atoms with Crippen LogP contribution in [-0.2, 0) is 11.2 Å². The van der Waals surface area contributed by atoms with Crippen molar-refractivity contribution in [2.75, 3.05) is 6.61 Å². The Morgan fingerprint density at radius 1 is 1.39 bits per heavy atom. The molecular weight excluding hydrogens is 226 g/mol. The lowest BCUT2D eigenvalue weighted by atomic mass is 10.1. The number of aryl methyl sites for hydroxylation is 1. The molecule has 0 radical (unpaired) electrons. The highest BCUT2D eigenvalue weighted by Gasteiger charge is 2.04. The number of ketones is 1. The Morgan fingerprint density at radius 3 is 2.83 bits per heavy atom. The molecule has 0 amide bonds. The number of nitrogens with zero attached hydrogens (tertiary/aromatic N) is 1. The van der Waals surface area contributed by atoms with Gasteiger partial charge in [0.25, 0.3) is 0 Å². The van der Waals surface area contributed by atoms with E-state index < -0.39 is 6.61 Å². The molecule has 3 nitrogen and oxygen atoms in total. The Bertz CT molecular complexity index is 608. The zero-order valence-corrected chi connectivity index (χ0v) is 10.7. The zero-order valence-electron chi connectivity index (χ0n) is 10.7. The lowest BCUT2D eigenvalue weighted by Crippen LogP contribution is -2.02. The van der Waals surface area contributed by atoms with Gasteiger partial charge in [-0.25, -0.2) is 0 Å². The van der Waals surface area contributed by atoms with E-state index in [1.54, 1.807) is 0 Å². The van der Waals surface area contributed by atoms with Crippen molar-refractivity contribution in [1.82, 2.24) is 4.57 Å². The van der Waals surface area contributed by atoms with Gasteiger partial charge < -0.3 is 9.67 Å². The van der Waals surface area contributed by atoms with Gasteiger partial charge in [-0.1, -0.05) is 19.1 Å². The number of aliphatic hydroxyl groups excluding tert-OH is 1. The summed E-state index contributed by atoms with van der Waals surface area (Å²) in [5.41, 5.74) is 3.18. The molecule has 94 valence electrons. The first-order chi connectivity index (χ1) is 8.65. The van der Waals surface area contributed by atoms with Crippen LogP contribution in [0, 0.1) is 0 Å². The molecule has 1 heterocycles. The number of carbonyl (C=O) groups excluding carboxylic acids is 1. The van der Waals surface area contributed by atoms with Crippen LogP contribution >= 0.6 is 0 Å². The van der Waals surface area contributed by atoms with Gasteiger partial charge in [-0.3, -0.25) is 4.79 Å². The largest absolute Gasteiger partial charge is 0.388 e. The second-order valence-electron chi connectivity index (χ2n) is 4.34. The molecule has 3 heteroatoms. The van der Waals surface area contributed by atoms with Gasteiger partial charge in [0.2, 0.25) is 0 Å². The van der Waals surface area contributed by atoms with E-state index in [2.05, 4.69) is 25.1 Å².